The Morgan fingerprint density at radius 3 is 2.52 bits per heavy atom. The fourth-order valence-corrected chi connectivity index (χ4v) is 3.57. The lowest BCUT2D eigenvalue weighted by Crippen LogP contribution is -2.32. The number of H-pyrrole nitrogens is 1. The standard InChI is InChI=1S/C22H14Cl3N3O3/c23-15-7-8-20(31-12-13-5-6-16(24)10-18(13)25)14(9-15)11-26-28-21(29)17-3-1-2-4-19(17)27-22(28)30/h1-11H,12H2,(H,27,30). The number of aromatic amines is 1. The normalized spacial score (nSPS) is 11.3. The van der Waals surface area contributed by atoms with Crippen LogP contribution in [0.25, 0.3) is 10.9 Å². The summed E-state index contributed by atoms with van der Waals surface area (Å²) in [6.07, 6.45) is 1.34. The van der Waals surface area contributed by atoms with Crippen LogP contribution in [0.15, 0.2) is 75.4 Å². The Bertz CT molecular complexity index is 1430. The summed E-state index contributed by atoms with van der Waals surface area (Å²) in [7, 11) is 0. The molecule has 0 saturated heterocycles. The maximum absolute atomic E-state index is 12.6. The third-order valence-corrected chi connectivity index (χ3v) is 5.29. The highest BCUT2D eigenvalue weighted by Crippen LogP contribution is 2.25. The quantitative estimate of drug-likeness (QED) is 0.408. The van der Waals surface area contributed by atoms with E-state index < -0.39 is 11.2 Å². The van der Waals surface area contributed by atoms with Gasteiger partial charge in [-0.25, -0.2) is 4.79 Å². The second kappa shape index (κ2) is 8.98. The Labute approximate surface area is 191 Å². The second-order valence-electron chi connectivity index (χ2n) is 6.54. The molecule has 31 heavy (non-hydrogen) atoms. The van der Waals surface area contributed by atoms with Crippen LogP contribution < -0.4 is 16.0 Å². The SMILES string of the molecule is O=c1[nH]c2ccccc2c(=O)n1N=Cc1cc(Cl)ccc1OCc1ccc(Cl)cc1Cl. The molecule has 156 valence electrons. The number of hydrogen-bond acceptors (Lipinski definition) is 4. The summed E-state index contributed by atoms with van der Waals surface area (Å²) in [5.41, 5.74) is 0.476. The van der Waals surface area contributed by atoms with E-state index in [1.807, 2.05) is 0 Å². The van der Waals surface area contributed by atoms with Gasteiger partial charge in [0.05, 0.1) is 17.1 Å². The Morgan fingerprint density at radius 1 is 0.968 bits per heavy atom. The van der Waals surface area contributed by atoms with Gasteiger partial charge in [0.25, 0.3) is 5.56 Å². The molecule has 0 aliphatic carbocycles. The number of aromatic nitrogens is 2. The molecule has 3 aromatic carbocycles. The van der Waals surface area contributed by atoms with Crippen molar-refractivity contribution in [1.82, 2.24) is 9.66 Å². The van der Waals surface area contributed by atoms with E-state index in [0.717, 1.165) is 10.2 Å². The summed E-state index contributed by atoms with van der Waals surface area (Å²) in [5, 5.41) is 5.86. The molecular formula is C22H14Cl3N3O3. The number of para-hydroxylation sites is 1. The van der Waals surface area contributed by atoms with Gasteiger partial charge in [-0.2, -0.15) is 5.10 Å². The van der Waals surface area contributed by atoms with Crippen LogP contribution in [0, 0.1) is 0 Å². The van der Waals surface area contributed by atoms with Crippen LogP contribution in [-0.2, 0) is 6.61 Å². The summed E-state index contributed by atoms with van der Waals surface area (Å²) in [6, 6.07) is 16.8. The lowest BCUT2D eigenvalue weighted by molar-refractivity contribution is 0.306. The van der Waals surface area contributed by atoms with Gasteiger partial charge in [-0.1, -0.05) is 53.0 Å². The molecule has 4 rings (SSSR count). The summed E-state index contributed by atoms with van der Waals surface area (Å²) in [6.45, 7) is 0.176. The first-order valence-electron chi connectivity index (χ1n) is 9.07. The first kappa shape index (κ1) is 21.2. The maximum Gasteiger partial charge on any atom is 0.349 e. The van der Waals surface area contributed by atoms with Crippen LogP contribution in [0.3, 0.4) is 0 Å². The first-order valence-corrected chi connectivity index (χ1v) is 10.2. The summed E-state index contributed by atoms with van der Waals surface area (Å²) in [5.74, 6) is 0.449. The predicted octanol–water partition coefficient (Wildman–Crippen LogP) is 5.11. The van der Waals surface area contributed by atoms with Crippen molar-refractivity contribution in [2.24, 2.45) is 5.10 Å². The molecule has 0 unspecified atom stereocenters. The molecule has 0 amide bonds. The molecule has 4 aromatic rings. The van der Waals surface area contributed by atoms with E-state index in [1.54, 1.807) is 60.7 Å². The molecule has 0 atom stereocenters. The Balaban J connectivity index is 1.67. The smallest absolute Gasteiger partial charge is 0.349 e. The molecule has 0 radical (unpaired) electrons. The summed E-state index contributed by atoms with van der Waals surface area (Å²) >= 11 is 18.2. The van der Waals surface area contributed by atoms with Crippen LogP contribution in [-0.4, -0.2) is 15.9 Å². The monoisotopic (exact) mass is 473 g/mol. The average molecular weight is 475 g/mol. The van der Waals surface area contributed by atoms with Gasteiger partial charge in [0.1, 0.15) is 12.4 Å². The molecule has 0 aliphatic heterocycles. The maximum atomic E-state index is 12.6. The van der Waals surface area contributed by atoms with Gasteiger partial charge in [-0.3, -0.25) is 4.79 Å². The van der Waals surface area contributed by atoms with Gasteiger partial charge in [0, 0.05) is 26.2 Å². The number of nitrogens with one attached hydrogen (secondary N) is 1. The van der Waals surface area contributed by atoms with Crippen molar-refractivity contribution in [3.63, 3.8) is 0 Å². The van der Waals surface area contributed by atoms with Crippen LogP contribution in [0.4, 0.5) is 0 Å². The number of ether oxygens (including phenoxy) is 1. The minimum absolute atomic E-state index is 0.176. The van der Waals surface area contributed by atoms with Crippen molar-refractivity contribution < 1.29 is 4.74 Å². The fraction of sp³-hybridized carbons (Fsp3) is 0.0455. The van der Waals surface area contributed by atoms with Gasteiger partial charge < -0.3 is 9.72 Å². The van der Waals surface area contributed by atoms with Crippen molar-refractivity contribution >= 4 is 51.9 Å². The molecule has 1 aromatic heterocycles. The molecule has 0 spiro atoms. The fourth-order valence-electron chi connectivity index (χ4n) is 2.92. The van der Waals surface area contributed by atoms with Gasteiger partial charge in [-0.15, -0.1) is 4.68 Å². The third kappa shape index (κ3) is 4.66. The van der Waals surface area contributed by atoms with Crippen molar-refractivity contribution in [3.8, 4) is 5.75 Å². The highest BCUT2D eigenvalue weighted by molar-refractivity contribution is 6.35. The molecule has 0 saturated carbocycles. The highest BCUT2D eigenvalue weighted by atomic mass is 35.5. The predicted molar refractivity (Wildman–Crippen MR) is 124 cm³/mol. The zero-order chi connectivity index (χ0) is 22.0. The van der Waals surface area contributed by atoms with E-state index in [4.69, 9.17) is 39.5 Å². The number of halogens is 3. The Kier molecular flexibility index (Phi) is 6.13. The number of rotatable bonds is 5. The average Bonchev–Trinajstić information content (AvgIpc) is 2.74. The summed E-state index contributed by atoms with van der Waals surface area (Å²) < 4.78 is 6.62. The summed E-state index contributed by atoms with van der Waals surface area (Å²) in [4.78, 5) is 27.6. The molecule has 1 N–H and O–H groups in total. The molecule has 0 fully saturated rings. The van der Waals surface area contributed by atoms with Gasteiger partial charge in [0.2, 0.25) is 0 Å². The number of hydrogen-bond donors (Lipinski definition) is 1. The molecule has 0 bridgehead atoms. The Hall–Kier alpha value is -3.06. The van der Waals surface area contributed by atoms with Crippen LogP contribution in [0.5, 0.6) is 5.75 Å². The van der Waals surface area contributed by atoms with Crippen molar-refractivity contribution in [3.05, 3.63) is 108 Å². The lowest BCUT2D eigenvalue weighted by Gasteiger charge is -2.11. The van der Waals surface area contributed by atoms with Crippen LogP contribution >= 0.6 is 34.8 Å². The van der Waals surface area contributed by atoms with Gasteiger partial charge in [-0.05, 0) is 42.5 Å². The van der Waals surface area contributed by atoms with E-state index in [9.17, 15) is 9.59 Å². The molecule has 0 aliphatic rings. The Morgan fingerprint density at radius 2 is 1.71 bits per heavy atom. The second-order valence-corrected chi connectivity index (χ2v) is 7.82. The lowest BCUT2D eigenvalue weighted by atomic mass is 10.2. The first-order chi connectivity index (χ1) is 14.9. The number of fused-ring (bicyclic) bond motifs is 1. The zero-order valence-corrected chi connectivity index (χ0v) is 18.1. The number of nitrogens with zero attached hydrogens (tertiary/aromatic N) is 2. The molecular weight excluding hydrogens is 461 g/mol. The third-order valence-electron chi connectivity index (χ3n) is 4.47. The van der Waals surface area contributed by atoms with Gasteiger partial charge >= 0.3 is 5.69 Å². The minimum atomic E-state index is -0.655. The van der Waals surface area contributed by atoms with Gasteiger partial charge in [0.15, 0.2) is 0 Å². The largest absolute Gasteiger partial charge is 0.488 e. The molecule has 6 nitrogen and oxygen atoms in total. The molecule has 1 heterocycles. The number of benzene rings is 3. The van der Waals surface area contributed by atoms with E-state index in [0.29, 0.717) is 37.3 Å². The van der Waals surface area contributed by atoms with E-state index in [2.05, 4.69) is 10.1 Å². The van der Waals surface area contributed by atoms with Crippen molar-refractivity contribution in [1.29, 1.82) is 0 Å². The van der Waals surface area contributed by atoms with E-state index >= 15 is 0 Å². The highest BCUT2D eigenvalue weighted by Gasteiger charge is 2.09. The van der Waals surface area contributed by atoms with E-state index in [-0.39, 0.29) is 6.61 Å². The van der Waals surface area contributed by atoms with Crippen molar-refractivity contribution in [2.75, 3.05) is 0 Å². The topological polar surface area (TPSA) is 76.5 Å². The van der Waals surface area contributed by atoms with Crippen molar-refractivity contribution in [2.45, 2.75) is 6.61 Å². The minimum Gasteiger partial charge on any atom is -0.488 e. The zero-order valence-electron chi connectivity index (χ0n) is 15.8. The van der Waals surface area contributed by atoms with Crippen LogP contribution in [0.1, 0.15) is 11.1 Å². The van der Waals surface area contributed by atoms with Crippen LogP contribution in [0.2, 0.25) is 15.1 Å². The molecule has 9 heteroatoms. The van der Waals surface area contributed by atoms with E-state index in [1.165, 1.54) is 6.21 Å².